The Balaban J connectivity index is -0.000000348. The maximum Gasteiger partial charge on any atom is 0.631 e. The molecule has 3 aromatic heterocycles. The van der Waals surface area contributed by atoms with E-state index in [0.29, 0.717) is 21.3 Å². The van der Waals surface area contributed by atoms with Gasteiger partial charge in [-0.05, 0) is 20.8 Å². The number of H-pyrrole nitrogens is 3. The number of carbonyl (C=O) groups is 6. The molecule has 0 saturated carbocycles. The van der Waals surface area contributed by atoms with Gasteiger partial charge in [-0.2, -0.15) is 39.5 Å². The molecule has 3 heterocycles. The van der Waals surface area contributed by atoms with Crippen molar-refractivity contribution in [1.29, 1.82) is 0 Å². The van der Waals surface area contributed by atoms with Crippen molar-refractivity contribution in [2.45, 2.75) is 56.3 Å². The third kappa shape index (κ3) is 22.1. The van der Waals surface area contributed by atoms with Crippen molar-refractivity contribution < 1.29 is 125 Å². The Labute approximate surface area is 351 Å². The summed E-state index contributed by atoms with van der Waals surface area (Å²) in [5.41, 5.74) is -14.3. The van der Waals surface area contributed by atoms with Gasteiger partial charge in [-0.15, -0.1) is 0 Å². The van der Waals surface area contributed by atoms with Gasteiger partial charge in [-0.1, -0.05) is 0 Å². The van der Waals surface area contributed by atoms with E-state index >= 15 is 0 Å². The van der Waals surface area contributed by atoms with Crippen LogP contribution in [0.2, 0.25) is 0 Å². The maximum atomic E-state index is 13.2. The van der Waals surface area contributed by atoms with Crippen LogP contribution in [0.3, 0.4) is 0 Å². The molecule has 0 fully saturated rings. The maximum absolute atomic E-state index is 13.2. The Bertz CT molecular complexity index is 1460. The van der Waals surface area contributed by atoms with E-state index in [0.717, 1.165) is 0 Å². The third-order valence-electron chi connectivity index (χ3n) is 5.46. The third-order valence-corrected chi connectivity index (χ3v) is 5.46. The molecule has 21 nitrogen and oxygen atoms in total. The average Bonchev–Trinajstić information content (AvgIpc) is 4.06. The normalized spacial score (nSPS) is 13.1. The molecule has 0 spiro atoms. The van der Waals surface area contributed by atoms with Gasteiger partial charge in [0.05, 0.1) is 60.1 Å². The van der Waals surface area contributed by atoms with Gasteiger partial charge in [-0.3, -0.25) is 0 Å². The summed E-state index contributed by atoms with van der Waals surface area (Å²) in [5, 5.41) is 21.5. The SMILES string of the molecule is CCOC(=O)C(F)(C(=O)OC)C(F)(F)F.CCOC(=O)C(F)(C(=O)OC)C(F)(F)F.CCOC(=O)C(F)(C(=O)OC)C(F)(F)F.OB(O)O.c1c[nH]cn1.c1c[nH]cn1.c1c[nH]cn1. The smallest absolute Gasteiger partial charge is 0.466 e. The van der Waals surface area contributed by atoms with E-state index in [4.69, 9.17) is 15.1 Å². The van der Waals surface area contributed by atoms with Crippen LogP contribution in [0, 0.1) is 0 Å². The van der Waals surface area contributed by atoms with E-state index in [1.165, 1.54) is 20.8 Å². The summed E-state index contributed by atoms with van der Waals surface area (Å²) in [6.45, 7) is 2.05. The number of aromatic nitrogens is 6. The number of esters is 6. The molecule has 0 aliphatic carbocycles. The fourth-order valence-corrected chi connectivity index (χ4v) is 2.70. The first kappa shape index (κ1) is 64.2. The second kappa shape index (κ2) is 31.4. The zero-order chi connectivity index (χ0) is 51.0. The number of rotatable bonds is 9. The molecule has 0 amide bonds. The molecule has 64 heavy (non-hydrogen) atoms. The summed E-state index contributed by atoms with van der Waals surface area (Å²) in [6, 6.07) is 0. The van der Waals surface area contributed by atoms with Gasteiger partial charge >= 0.3 is 78.7 Å². The van der Waals surface area contributed by atoms with Gasteiger partial charge in [0, 0.05) is 37.2 Å². The standard InChI is InChI=1S/3C7H8F4O4.3C3H4N2.BH3O3/c3*1-3-15-5(13)6(8,4(12)14-2)7(9,10)11;3*1-2-5-3-4-1;2-1(3)4/h3*3H2,1-2H3;3*1-3H,(H,4,5);2-4H. The van der Waals surface area contributed by atoms with Crippen molar-refractivity contribution in [3.8, 4) is 0 Å². The van der Waals surface area contributed by atoms with Gasteiger partial charge in [-0.25, -0.2) is 56.9 Å². The number of methoxy groups -OCH3 is 3. The first-order valence-corrected chi connectivity index (χ1v) is 16.2. The molecule has 366 valence electrons. The fourth-order valence-electron chi connectivity index (χ4n) is 2.70. The second-order valence-corrected chi connectivity index (χ2v) is 9.73. The monoisotopic (exact) mass is 962 g/mol. The first-order valence-electron chi connectivity index (χ1n) is 16.2. The predicted molar refractivity (Wildman–Crippen MR) is 184 cm³/mol. The number of ether oxygens (including phenoxy) is 6. The van der Waals surface area contributed by atoms with Gasteiger partial charge in [0.1, 0.15) is 0 Å². The Morgan fingerprint density at radius 3 is 0.719 bits per heavy atom. The summed E-state index contributed by atoms with van der Waals surface area (Å²) in [7, 11) is -0.578. The molecule has 3 rings (SSSR count). The average molecular weight is 962 g/mol. The number of halogens is 12. The van der Waals surface area contributed by atoms with Crippen LogP contribution < -0.4 is 0 Å². The van der Waals surface area contributed by atoms with Crippen molar-refractivity contribution in [2.24, 2.45) is 0 Å². The number of alkyl halides is 12. The van der Waals surface area contributed by atoms with E-state index in [9.17, 15) is 81.5 Å². The van der Waals surface area contributed by atoms with Crippen LogP contribution >= 0.6 is 0 Å². The number of aromatic amines is 3. The highest BCUT2D eigenvalue weighted by Gasteiger charge is 2.72. The van der Waals surface area contributed by atoms with Crippen molar-refractivity contribution in [2.75, 3.05) is 41.2 Å². The van der Waals surface area contributed by atoms with Crippen LogP contribution in [0.4, 0.5) is 52.7 Å². The number of hydrogen-bond acceptors (Lipinski definition) is 18. The molecule has 0 aliphatic heterocycles. The van der Waals surface area contributed by atoms with Crippen molar-refractivity contribution in [3.63, 3.8) is 0 Å². The van der Waals surface area contributed by atoms with E-state index in [2.05, 4.69) is 58.3 Å². The molecule has 3 aromatic rings. The largest absolute Gasteiger partial charge is 0.631 e. The molecular formula is C30H39BF12N6O15. The minimum Gasteiger partial charge on any atom is -0.466 e. The zero-order valence-electron chi connectivity index (χ0n) is 33.5. The lowest BCUT2D eigenvalue weighted by molar-refractivity contribution is -0.244. The molecule has 0 radical (unpaired) electrons. The highest BCUT2D eigenvalue weighted by atomic mass is 19.4. The van der Waals surface area contributed by atoms with E-state index in [1.807, 2.05) is 0 Å². The van der Waals surface area contributed by atoms with Crippen molar-refractivity contribution in [1.82, 2.24) is 29.9 Å². The predicted octanol–water partition coefficient (Wildman–Crippen LogP) is 2.16. The molecular weight excluding hydrogens is 923 g/mol. The second-order valence-electron chi connectivity index (χ2n) is 9.73. The summed E-state index contributed by atoms with van der Waals surface area (Å²) < 4.78 is 171. The Hall–Kier alpha value is -6.45. The van der Waals surface area contributed by atoms with Crippen LogP contribution in [0.25, 0.3) is 0 Å². The summed E-state index contributed by atoms with van der Waals surface area (Å²) in [4.78, 5) is 83.1. The number of nitrogens with zero attached hydrogens (tertiary/aromatic N) is 3. The van der Waals surface area contributed by atoms with Gasteiger partial charge < -0.3 is 58.4 Å². The van der Waals surface area contributed by atoms with E-state index < -0.39 is 98.5 Å². The fraction of sp³-hybridized carbons (Fsp3) is 0.500. The number of nitrogens with one attached hydrogen (secondary N) is 3. The molecule has 0 aliphatic rings. The molecule has 3 atom stereocenters. The van der Waals surface area contributed by atoms with Crippen molar-refractivity contribution >= 4 is 43.1 Å². The van der Waals surface area contributed by atoms with E-state index in [-0.39, 0.29) is 0 Å². The lowest BCUT2D eigenvalue weighted by atomic mass is 10.1. The molecule has 6 N–H and O–H groups in total. The van der Waals surface area contributed by atoms with Crippen molar-refractivity contribution in [3.05, 3.63) is 56.2 Å². The first-order chi connectivity index (χ1) is 29.4. The minimum absolute atomic E-state index is 0.489. The Morgan fingerprint density at radius 1 is 0.453 bits per heavy atom. The van der Waals surface area contributed by atoms with Crippen LogP contribution in [0.1, 0.15) is 20.8 Å². The zero-order valence-corrected chi connectivity index (χ0v) is 33.5. The van der Waals surface area contributed by atoms with E-state index in [1.54, 1.807) is 56.2 Å². The molecule has 0 bridgehead atoms. The lowest BCUT2D eigenvalue weighted by Crippen LogP contribution is -2.55. The molecule has 34 heteroatoms. The quantitative estimate of drug-likeness (QED) is 0.0589. The summed E-state index contributed by atoms with van der Waals surface area (Å²) in [6.07, 6.45) is -1.90. The number of imidazole rings is 3. The summed E-state index contributed by atoms with van der Waals surface area (Å²) >= 11 is 0. The topological polar surface area (TPSA) is 305 Å². The van der Waals surface area contributed by atoms with Crippen LogP contribution in [0.15, 0.2) is 56.2 Å². The Morgan fingerprint density at radius 2 is 0.641 bits per heavy atom. The summed E-state index contributed by atoms with van der Waals surface area (Å²) in [5.74, 6) is -14.0. The van der Waals surface area contributed by atoms with Crippen LogP contribution in [-0.4, -0.2) is 165 Å². The Kier molecular flexibility index (Phi) is 31.5. The van der Waals surface area contributed by atoms with Crippen LogP contribution in [-0.2, 0) is 57.2 Å². The number of hydrogen-bond donors (Lipinski definition) is 6. The molecule has 0 saturated heterocycles. The van der Waals surface area contributed by atoms with Gasteiger partial charge in [0.2, 0.25) is 0 Å². The molecule has 0 aromatic carbocycles. The minimum atomic E-state index is -5.72. The highest BCUT2D eigenvalue weighted by Crippen LogP contribution is 2.38. The van der Waals surface area contributed by atoms with Gasteiger partial charge in [0.25, 0.3) is 0 Å². The van der Waals surface area contributed by atoms with Crippen LogP contribution in [0.5, 0.6) is 0 Å². The van der Waals surface area contributed by atoms with Gasteiger partial charge in [0.15, 0.2) is 0 Å². The highest BCUT2D eigenvalue weighted by molar-refractivity contribution is 6.30. The molecule has 3 unspecified atom stereocenters. The lowest BCUT2D eigenvalue weighted by Gasteiger charge is -2.22. The number of carbonyl (C=O) groups excluding carboxylic acids is 6.